The zero-order valence-corrected chi connectivity index (χ0v) is 16.2. The van der Waals surface area contributed by atoms with Crippen LogP contribution in [0, 0.1) is 5.92 Å². The van der Waals surface area contributed by atoms with Crippen molar-refractivity contribution in [1.82, 2.24) is 14.8 Å². The van der Waals surface area contributed by atoms with Crippen molar-refractivity contribution in [2.45, 2.75) is 30.9 Å². The van der Waals surface area contributed by atoms with Gasteiger partial charge in [-0.3, -0.25) is 14.7 Å². The minimum Gasteiger partial charge on any atom is -0.361 e. The van der Waals surface area contributed by atoms with E-state index in [2.05, 4.69) is 37.7 Å². The molecule has 0 N–H and O–H groups in total. The Bertz CT molecular complexity index is 793. The molecule has 1 aliphatic carbocycles. The summed E-state index contributed by atoms with van der Waals surface area (Å²) in [6.45, 7) is 4.59. The second-order valence-corrected chi connectivity index (χ2v) is 8.85. The van der Waals surface area contributed by atoms with Crippen LogP contribution in [0.3, 0.4) is 0 Å². The summed E-state index contributed by atoms with van der Waals surface area (Å²) in [6, 6.07) is 6.21. The van der Waals surface area contributed by atoms with Crippen LogP contribution in [0.1, 0.15) is 29.9 Å². The first kappa shape index (κ1) is 17.3. The van der Waals surface area contributed by atoms with Gasteiger partial charge in [0, 0.05) is 51.0 Å². The molecule has 0 aromatic carbocycles. The molecule has 1 spiro atoms. The predicted molar refractivity (Wildman–Crippen MR) is 105 cm³/mol. The number of aromatic nitrogens is 1. The van der Waals surface area contributed by atoms with E-state index in [0.717, 1.165) is 31.7 Å². The molecule has 2 aromatic rings. The first-order valence-electron chi connectivity index (χ1n) is 9.81. The van der Waals surface area contributed by atoms with Crippen molar-refractivity contribution in [3.05, 3.63) is 52.5 Å². The summed E-state index contributed by atoms with van der Waals surface area (Å²) in [4.78, 5) is 22.4. The molecule has 6 heteroatoms. The highest BCUT2D eigenvalue weighted by Crippen LogP contribution is 2.43. The Balaban J connectivity index is 1.45. The van der Waals surface area contributed by atoms with Crippen LogP contribution in [-0.2, 0) is 16.1 Å². The maximum Gasteiger partial charge on any atom is 0.256 e. The van der Waals surface area contributed by atoms with Gasteiger partial charge in [0.15, 0.2) is 5.60 Å². The molecule has 5 rings (SSSR count). The van der Waals surface area contributed by atoms with Crippen LogP contribution >= 0.6 is 11.3 Å². The molecule has 142 valence electrons. The number of hydrogen-bond donors (Lipinski definition) is 0. The van der Waals surface area contributed by atoms with Crippen LogP contribution in [0.15, 0.2) is 41.4 Å². The lowest BCUT2D eigenvalue weighted by Gasteiger charge is -2.42. The minimum atomic E-state index is -0.772. The highest BCUT2D eigenvalue weighted by molar-refractivity contribution is 7.07. The lowest BCUT2D eigenvalue weighted by atomic mass is 9.83. The Morgan fingerprint density at radius 1 is 1.33 bits per heavy atom. The van der Waals surface area contributed by atoms with Crippen LogP contribution < -0.4 is 0 Å². The summed E-state index contributed by atoms with van der Waals surface area (Å²) in [7, 11) is 0. The second kappa shape index (κ2) is 7.00. The molecular weight excluding hydrogens is 358 g/mol. The number of carbonyl (C=O) groups excluding carboxylic acids is 1. The van der Waals surface area contributed by atoms with E-state index in [0.29, 0.717) is 19.1 Å². The minimum absolute atomic E-state index is 0.0272. The van der Waals surface area contributed by atoms with Gasteiger partial charge in [0.2, 0.25) is 0 Å². The van der Waals surface area contributed by atoms with Crippen molar-refractivity contribution in [2.75, 3.05) is 32.8 Å². The third-order valence-electron chi connectivity index (χ3n) is 6.08. The molecule has 3 aliphatic rings. The van der Waals surface area contributed by atoms with Gasteiger partial charge in [-0.1, -0.05) is 6.07 Å². The first-order valence-corrected chi connectivity index (χ1v) is 10.8. The number of amides is 1. The quantitative estimate of drug-likeness (QED) is 0.797. The molecule has 0 bridgehead atoms. The fourth-order valence-corrected chi connectivity index (χ4v) is 5.21. The largest absolute Gasteiger partial charge is 0.361 e. The van der Waals surface area contributed by atoms with E-state index in [1.54, 1.807) is 17.5 Å². The third-order valence-corrected chi connectivity index (χ3v) is 6.81. The van der Waals surface area contributed by atoms with E-state index in [4.69, 9.17) is 4.74 Å². The molecule has 4 heterocycles. The molecule has 0 radical (unpaired) electrons. The van der Waals surface area contributed by atoms with Crippen molar-refractivity contribution in [1.29, 1.82) is 0 Å². The lowest BCUT2D eigenvalue weighted by Crippen LogP contribution is -2.60. The van der Waals surface area contributed by atoms with Crippen LogP contribution in [0.4, 0.5) is 0 Å². The summed E-state index contributed by atoms with van der Waals surface area (Å²) in [5.74, 6) is 0.908. The van der Waals surface area contributed by atoms with Crippen molar-refractivity contribution in [2.24, 2.45) is 5.92 Å². The van der Waals surface area contributed by atoms with Crippen LogP contribution in [0.2, 0.25) is 0 Å². The van der Waals surface area contributed by atoms with Crippen molar-refractivity contribution in [3.8, 4) is 0 Å². The highest BCUT2D eigenvalue weighted by atomic mass is 32.1. The number of morpholine rings is 1. The molecule has 2 saturated heterocycles. The van der Waals surface area contributed by atoms with Gasteiger partial charge < -0.3 is 9.64 Å². The average molecular weight is 384 g/mol. The number of carbonyl (C=O) groups is 1. The standard InChI is InChI=1S/C21H25N3O2S/c25-20-21(26-8-7-24(20)12-16-3-4-16)15-23(11-17-5-9-27-14-17)13-19(21)18-2-1-6-22-10-18/h1-2,5-6,9-10,14,16,19H,3-4,7-8,11-13,15H2/t19-,21+/m1/s1. The normalized spacial score (nSPS) is 29.0. The Hall–Kier alpha value is -1.76. The van der Waals surface area contributed by atoms with E-state index in [1.807, 2.05) is 12.3 Å². The maximum atomic E-state index is 13.6. The zero-order valence-electron chi connectivity index (χ0n) is 15.4. The van der Waals surface area contributed by atoms with E-state index < -0.39 is 5.60 Å². The smallest absolute Gasteiger partial charge is 0.256 e. The maximum absolute atomic E-state index is 13.6. The molecular formula is C21H25N3O2S. The summed E-state index contributed by atoms with van der Waals surface area (Å²) >= 11 is 1.72. The van der Waals surface area contributed by atoms with Crippen molar-refractivity contribution < 1.29 is 9.53 Å². The van der Waals surface area contributed by atoms with Gasteiger partial charge in [-0.05, 0) is 52.8 Å². The van der Waals surface area contributed by atoms with Gasteiger partial charge in [0.1, 0.15) is 0 Å². The number of pyridine rings is 1. The molecule has 1 amide bonds. The fraction of sp³-hybridized carbons (Fsp3) is 0.524. The zero-order chi connectivity index (χ0) is 18.3. The van der Waals surface area contributed by atoms with E-state index in [1.165, 1.54) is 18.4 Å². The molecule has 1 saturated carbocycles. The van der Waals surface area contributed by atoms with E-state index >= 15 is 0 Å². The molecule has 2 atom stereocenters. The SMILES string of the molecule is O=C1N(CC2CC2)CCO[C@]12CN(Cc1ccsc1)C[C@@H]2c1cccnc1. The van der Waals surface area contributed by atoms with E-state index in [9.17, 15) is 4.79 Å². The van der Waals surface area contributed by atoms with Gasteiger partial charge >= 0.3 is 0 Å². The van der Waals surface area contributed by atoms with Gasteiger partial charge in [-0.25, -0.2) is 0 Å². The number of ether oxygens (including phenoxy) is 1. The summed E-state index contributed by atoms with van der Waals surface area (Å²) in [5.41, 5.74) is 1.64. The summed E-state index contributed by atoms with van der Waals surface area (Å²) in [6.07, 6.45) is 6.20. The van der Waals surface area contributed by atoms with Gasteiger partial charge in [0.25, 0.3) is 5.91 Å². The molecule has 2 aliphatic heterocycles. The molecule has 3 fully saturated rings. The second-order valence-electron chi connectivity index (χ2n) is 8.07. The number of likely N-dealkylation sites (tertiary alicyclic amines) is 1. The average Bonchev–Trinajstić information content (AvgIpc) is 3.22. The van der Waals surface area contributed by atoms with Crippen molar-refractivity contribution >= 4 is 17.2 Å². The van der Waals surface area contributed by atoms with Gasteiger partial charge in [-0.15, -0.1) is 0 Å². The van der Waals surface area contributed by atoms with E-state index in [-0.39, 0.29) is 11.8 Å². The van der Waals surface area contributed by atoms with Gasteiger partial charge in [0.05, 0.1) is 6.61 Å². The Labute approximate surface area is 164 Å². The Morgan fingerprint density at radius 2 is 2.26 bits per heavy atom. The topological polar surface area (TPSA) is 45.7 Å². The summed E-state index contributed by atoms with van der Waals surface area (Å²) < 4.78 is 6.33. The monoisotopic (exact) mass is 383 g/mol. The number of nitrogens with zero attached hydrogens (tertiary/aromatic N) is 3. The van der Waals surface area contributed by atoms with Crippen LogP contribution in [0.25, 0.3) is 0 Å². The Morgan fingerprint density at radius 3 is 3.00 bits per heavy atom. The first-order chi connectivity index (χ1) is 13.2. The predicted octanol–water partition coefficient (Wildman–Crippen LogP) is 2.75. The molecule has 0 unspecified atom stereocenters. The third kappa shape index (κ3) is 3.30. The van der Waals surface area contributed by atoms with Crippen LogP contribution in [0.5, 0.6) is 0 Å². The number of thiophene rings is 1. The van der Waals surface area contributed by atoms with Gasteiger partial charge in [-0.2, -0.15) is 11.3 Å². The van der Waals surface area contributed by atoms with Crippen LogP contribution in [-0.4, -0.2) is 59.1 Å². The van der Waals surface area contributed by atoms with Crippen molar-refractivity contribution in [3.63, 3.8) is 0 Å². The number of rotatable bonds is 5. The molecule has 5 nitrogen and oxygen atoms in total. The molecule has 2 aromatic heterocycles. The fourth-order valence-electron chi connectivity index (χ4n) is 4.55. The lowest BCUT2D eigenvalue weighted by molar-refractivity contribution is -0.172. The summed E-state index contributed by atoms with van der Waals surface area (Å²) in [5, 5.41) is 4.30. The highest BCUT2D eigenvalue weighted by Gasteiger charge is 2.57. The Kier molecular flexibility index (Phi) is 4.50. The number of hydrogen-bond acceptors (Lipinski definition) is 5. The molecule has 27 heavy (non-hydrogen) atoms.